The fraction of sp³-hybridized carbons (Fsp3) is 0.500. The number of fused-ring (bicyclic) bond motifs is 1. The van der Waals surface area contributed by atoms with Crippen molar-refractivity contribution in [3.05, 3.63) is 34.8 Å². The maximum Gasteiger partial charge on any atom is 0.419 e. The average Bonchev–Trinajstić information content (AvgIpc) is 3.06. The number of hydrogen-bond donors (Lipinski definition) is 0. The topological polar surface area (TPSA) is 89.6 Å². The van der Waals surface area contributed by atoms with E-state index in [2.05, 4.69) is 0 Å². The molecule has 1 aromatic heterocycles. The van der Waals surface area contributed by atoms with Crippen molar-refractivity contribution >= 4 is 26.8 Å². The lowest BCUT2D eigenvalue weighted by Crippen LogP contribution is -2.37. The molecule has 2 aromatic rings. The summed E-state index contributed by atoms with van der Waals surface area (Å²) in [6, 6.07) is 6.92. The van der Waals surface area contributed by atoms with E-state index < -0.39 is 15.6 Å². The Hall–Kier alpha value is -2.09. The largest absolute Gasteiger partial charge is 0.419 e. The van der Waals surface area contributed by atoms with Gasteiger partial charge in [0.15, 0.2) is 15.4 Å². The van der Waals surface area contributed by atoms with E-state index in [4.69, 9.17) is 4.42 Å². The van der Waals surface area contributed by atoms with Crippen LogP contribution in [0.3, 0.4) is 0 Å². The molecule has 7 nitrogen and oxygen atoms in total. The molecule has 1 aliphatic heterocycles. The van der Waals surface area contributed by atoms with Crippen LogP contribution in [0.25, 0.3) is 11.1 Å². The number of aryl methyl sites for hydroxylation is 1. The predicted octanol–water partition coefficient (Wildman–Crippen LogP) is 1.02. The van der Waals surface area contributed by atoms with Crippen LogP contribution in [0.5, 0.6) is 0 Å². The Morgan fingerprint density at radius 3 is 2.83 bits per heavy atom. The van der Waals surface area contributed by atoms with Crippen LogP contribution in [-0.2, 0) is 21.2 Å². The van der Waals surface area contributed by atoms with Gasteiger partial charge in [-0.05, 0) is 25.0 Å². The predicted molar refractivity (Wildman–Crippen MR) is 89.5 cm³/mol. The van der Waals surface area contributed by atoms with Crippen molar-refractivity contribution in [3.8, 4) is 0 Å². The van der Waals surface area contributed by atoms with Gasteiger partial charge in [0.05, 0.1) is 17.0 Å². The quantitative estimate of drug-likeness (QED) is 0.801. The number of sulfone groups is 1. The summed E-state index contributed by atoms with van der Waals surface area (Å²) in [5.74, 6) is -0.343. The Bertz CT molecular complexity index is 912. The molecule has 0 aliphatic carbocycles. The van der Waals surface area contributed by atoms with Gasteiger partial charge < -0.3 is 9.32 Å². The van der Waals surface area contributed by atoms with Crippen molar-refractivity contribution in [3.63, 3.8) is 0 Å². The first-order chi connectivity index (χ1) is 11.4. The van der Waals surface area contributed by atoms with Crippen LogP contribution >= 0.6 is 0 Å². The Balaban J connectivity index is 1.59. The molecule has 1 amide bonds. The van der Waals surface area contributed by atoms with Gasteiger partial charge in [-0.25, -0.2) is 13.2 Å². The summed E-state index contributed by atoms with van der Waals surface area (Å²) >= 11 is 0. The minimum atomic E-state index is -3.01. The van der Waals surface area contributed by atoms with E-state index >= 15 is 0 Å². The normalized spacial score (nSPS) is 19.6. The van der Waals surface area contributed by atoms with Crippen molar-refractivity contribution in [2.45, 2.75) is 31.8 Å². The molecule has 0 bridgehead atoms. The van der Waals surface area contributed by atoms with Crippen molar-refractivity contribution in [2.75, 3.05) is 18.6 Å². The maximum atomic E-state index is 12.2. The van der Waals surface area contributed by atoms with Crippen LogP contribution in [0.15, 0.2) is 33.5 Å². The van der Waals surface area contributed by atoms with Gasteiger partial charge in [-0.15, -0.1) is 0 Å². The first-order valence-corrected chi connectivity index (χ1v) is 9.74. The summed E-state index contributed by atoms with van der Waals surface area (Å²) in [5.41, 5.74) is 1.24. The summed E-state index contributed by atoms with van der Waals surface area (Å²) in [7, 11) is -1.37. The molecule has 1 unspecified atom stereocenters. The highest BCUT2D eigenvalue weighted by Gasteiger charge is 2.32. The molecule has 1 aromatic carbocycles. The Labute approximate surface area is 139 Å². The zero-order valence-electron chi connectivity index (χ0n) is 13.5. The third-order valence-corrected chi connectivity index (χ3v) is 6.25. The van der Waals surface area contributed by atoms with E-state index in [-0.39, 0.29) is 29.9 Å². The molecule has 1 saturated heterocycles. The Kier molecular flexibility index (Phi) is 4.49. The standard InChI is InChI=1S/C16H20N2O5S/c1-17(12-8-10-24(21,22)11-12)15(19)7-4-9-18-13-5-2-3-6-14(13)23-16(18)20/h2-3,5-6,12H,4,7-11H2,1H3. The number of oxazole rings is 1. The van der Waals surface area contributed by atoms with Crippen LogP contribution in [-0.4, -0.2) is 48.4 Å². The summed E-state index contributed by atoms with van der Waals surface area (Å²) < 4.78 is 29.7. The molecular formula is C16H20N2O5S. The molecule has 0 N–H and O–H groups in total. The first-order valence-electron chi connectivity index (χ1n) is 7.92. The maximum absolute atomic E-state index is 12.2. The number of nitrogens with zero attached hydrogens (tertiary/aromatic N) is 2. The summed E-state index contributed by atoms with van der Waals surface area (Å²) in [6.45, 7) is 0.387. The van der Waals surface area contributed by atoms with Gasteiger partial charge in [-0.2, -0.15) is 0 Å². The monoisotopic (exact) mass is 352 g/mol. The highest BCUT2D eigenvalue weighted by molar-refractivity contribution is 7.91. The van der Waals surface area contributed by atoms with E-state index in [9.17, 15) is 18.0 Å². The molecule has 2 heterocycles. The number of aromatic nitrogens is 1. The molecule has 0 saturated carbocycles. The number of carbonyl (C=O) groups excluding carboxylic acids is 1. The smallest absolute Gasteiger partial charge is 0.408 e. The van der Waals surface area contributed by atoms with Gasteiger partial charge in [-0.1, -0.05) is 12.1 Å². The van der Waals surface area contributed by atoms with Crippen LogP contribution < -0.4 is 5.76 Å². The zero-order valence-corrected chi connectivity index (χ0v) is 14.3. The molecule has 24 heavy (non-hydrogen) atoms. The number of benzene rings is 1. The highest BCUT2D eigenvalue weighted by Crippen LogP contribution is 2.18. The second-order valence-corrected chi connectivity index (χ2v) is 8.38. The van der Waals surface area contributed by atoms with Crippen molar-refractivity contribution < 1.29 is 17.6 Å². The van der Waals surface area contributed by atoms with Crippen molar-refractivity contribution in [1.29, 1.82) is 0 Å². The molecular weight excluding hydrogens is 332 g/mol. The van der Waals surface area contributed by atoms with E-state index in [0.717, 1.165) is 0 Å². The van der Waals surface area contributed by atoms with E-state index in [1.54, 1.807) is 25.2 Å². The van der Waals surface area contributed by atoms with Crippen LogP contribution in [0.2, 0.25) is 0 Å². The number of para-hydroxylation sites is 2. The van der Waals surface area contributed by atoms with Crippen LogP contribution in [0, 0.1) is 0 Å². The number of carbonyl (C=O) groups is 1. The van der Waals surface area contributed by atoms with Gasteiger partial charge >= 0.3 is 5.76 Å². The fourth-order valence-corrected chi connectivity index (χ4v) is 4.85. The van der Waals surface area contributed by atoms with Crippen LogP contribution in [0.4, 0.5) is 0 Å². The molecule has 1 aliphatic rings. The second kappa shape index (κ2) is 6.43. The van der Waals surface area contributed by atoms with Gasteiger partial charge in [0, 0.05) is 26.1 Å². The minimum absolute atomic E-state index is 0.0427. The second-order valence-electron chi connectivity index (χ2n) is 6.15. The van der Waals surface area contributed by atoms with Gasteiger partial charge in [-0.3, -0.25) is 9.36 Å². The van der Waals surface area contributed by atoms with E-state index in [1.165, 1.54) is 9.47 Å². The van der Waals surface area contributed by atoms with E-state index in [1.807, 2.05) is 6.07 Å². The fourth-order valence-electron chi connectivity index (χ4n) is 3.07. The van der Waals surface area contributed by atoms with Crippen molar-refractivity contribution in [2.24, 2.45) is 0 Å². The third-order valence-electron chi connectivity index (χ3n) is 4.50. The Morgan fingerprint density at radius 1 is 1.38 bits per heavy atom. The SMILES string of the molecule is CN(C(=O)CCCn1c(=O)oc2ccccc21)C1CCS(=O)(=O)C1. The van der Waals surface area contributed by atoms with Gasteiger partial charge in [0.25, 0.3) is 0 Å². The molecule has 0 radical (unpaired) electrons. The molecule has 1 atom stereocenters. The summed E-state index contributed by atoms with van der Waals surface area (Å²) in [5, 5.41) is 0. The number of amides is 1. The third kappa shape index (κ3) is 3.38. The Morgan fingerprint density at radius 2 is 2.12 bits per heavy atom. The highest BCUT2D eigenvalue weighted by atomic mass is 32.2. The zero-order chi connectivity index (χ0) is 17.3. The lowest BCUT2D eigenvalue weighted by atomic mass is 10.2. The summed E-state index contributed by atoms with van der Waals surface area (Å²) in [4.78, 5) is 25.6. The van der Waals surface area contributed by atoms with Gasteiger partial charge in [0.1, 0.15) is 0 Å². The minimum Gasteiger partial charge on any atom is -0.408 e. The van der Waals surface area contributed by atoms with Crippen LogP contribution in [0.1, 0.15) is 19.3 Å². The lowest BCUT2D eigenvalue weighted by molar-refractivity contribution is -0.131. The number of rotatable bonds is 5. The average molecular weight is 352 g/mol. The summed E-state index contributed by atoms with van der Waals surface area (Å²) in [6.07, 6.45) is 1.25. The van der Waals surface area contributed by atoms with Crippen molar-refractivity contribution in [1.82, 2.24) is 9.47 Å². The molecule has 3 rings (SSSR count). The number of hydrogen-bond acceptors (Lipinski definition) is 5. The first kappa shape index (κ1) is 16.8. The van der Waals surface area contributed by atoms with E-state index in [0.29, 0.717) is 30.5 Å². The molecule has 130 valence electrons. The lowest BCUT2D eigenvalue weighted by Gasteiger charge is -2.23. The molecule has 8 heteroatoms. The molecule has 0 spiro atoms. The van der Waals surface area contributed by atoms with Gasteiger partial charge in [0.2, 0.25) is 5.91 Å². The molecule has 1 fully saturated rings.